The van der Waals surface area contributed by atoms with Crippen molar-refractivity contribution in [2.45, 2.75) is 19.0 Å². The lowest BCUT2D eigenvalue weighted by molar-refractivity contribution is -0.113. The van der Waals surface area contributed by atoms with Gasteiger partial charge in [0, 0.05) is 6.07 Å². The average Bonchev–Trinajstić information content (AvgIpc) is 3.34. The van der Waals surface area contributed by atoms with E-state index >= 15 is 0 Å². The number of carbonyl (C=O) groups is 1. The Labute approximate surface area is 171 Å². The molecule has 0 fully saturated rings. The van der Waals surface area contributed by atoms with Gasteiger partial charge in [0.15, 0.2) is 0 Å². The van der Waals surface area contributed by atoms with Crippen LogP contribution in [-0.4, -0.2) is 41.6 Å². The van der Waals surface area contributed by atoms with Crippen molar-refractivity contribution in [1.82, 2.24) is 30.0 Å². The number of aromatic nitrogens is 6. The molecule has 2 heterocycles. The molecule has 1 N–H and O–H groups in total. The zero-order chi connectivity index (χ0) is 20.2. The molecular weight excluding hydrogens is 386 g/mol. The van der Waals surface area contributed by atoms with E-state index in [9.17, 15) is 4.79 Å². The SMILES string of the molecule is Cc1cc(NC(=O)CSc2nnnn2-c2ccccc2)n(-c2ccccc2C)n1. The Hall–Kier alpha value is -3.46. The maximum absolute atomic E-state index is 12.6. The molecule has 4 aromatic rings. The minimum absolute atomic E-state index is 0.160. The molecule has 0 saturated heterocycles. The topological polar surface area (TPSA) is 90.5 Å². The molecule has 2 aromatic carbocycles. The fourth-order valence-corrected chi connectivity index (χ4v) is 3.57. The molecule has 0 bridgehead atoms. The van der Waals surface area contributed by atoms with E-state index in [1.54, 1.807) is 9.36 Å². The standard InChI is InChI=1S/C20H19N7OS/c1-14-8-6-7-11-17(14)27-18(12-15(2)23-27)21-19(28)13-29-20-22-24-25-26(20)16-9-4-3-5-10-16/h3-12H,13H2,1-2H3,(H,21,28). The van der Waals surface area contributed by atoms with Crippen LogP contribution in [0.25, 0.3) is 11.4 Å². The number of rotatable bonds is 6. The summed E-state index contributed by atoms with van der Waals surface area (Å²) in [5, 5.41) is 19.8. The van der Waals surface area contributed by atoms with Crippen LogP contribution in [0, 0.1) is 13.8 Å². The van der Waals surface area contributed by atoms with Crippen LogP contribution < -0.4 is 5.32 Å². The van der Waals surface area contributed by atoms with Crippen LogP contribution in [0.5, 0.6) is 0 Å². The number of thioether (sulfide) groups is 1. The first kappa shape index (κ1) is 18.9. The number of para-hydroxylation sites is 2. The molecule has 4 rings (SSSR count). The van der Waals surface area contributed by atoms with E-state index in [2.05, 4.69) is 25.9 Å². The zero-order valence-corrected chi connectivity index (χ0v) is 16.8. The number of carbonyl (C=O) groups excluding carboxylic acids is 1. The fourth-order valence-electron chi connectivity index (χ4n) is 2.88. The van der Waals surface area contributed by atoms with Crippen LogP contribution in [0.2, 0.25) is 0 Å². The van der Waals surface area contributed by atoms with Crippen molar-refractivity contribution in [3.8, 4) is 11.4 Å². The number of aryl methyl sites for hydroxylation is 2. The number of benzene rings is 2. The number of nitrogens with zero attached hydrogens (tertiary/aromatic N) is 6. The highest BCUT2D eigenvalue weighted by atomic mass is 32.2. The third-order valence-corrected chi connectivity index (χ3v) is 5.14. The summed E-state index contributed by atoms with van der Waals surface area (Å²) in [6.07, 6.45) is 0. The summed E-state index contributed by atoms with van der Waals surface area (Å²) >= 11 is 1.27. The second-order valence-electron chi connectivity index (χ2n) is 6.41. The van der Waals surface area contributed by atoms with Crippen LogP contribution in [0.1, 0.15) is 11.3 Å². The largest absolute Gasteiger partial charge is 0.310 e. The predicted octanol–water partition coefficient (Wildman–Crippen LogP) is 3.20. The molecule has 0 aliphatic carbocycles. The highest BCUT2D eigenvalue weighted by Crippen LogP contribution is 2.22. The Morgan fingerprint density at radius 1 is 1.03 bits per heavy atom. The van der Waals surface area contributed by atoms with Gasteiger partial charge in [0.25, 0.3) is 0 Å². The van der Waals surface area contributed by atoms with Crippen molar-refractivity contribution in [3.05, 3.63) is 71.9 Å². The molecule has 0 unspecified atom stereocenters. The summed E-state index contributed by atoms with van der Waals surface area (Å²) in [7, 11) is 0. The lowest BCUT2D eigenvalue weighted by atomic mass is 10.2. The molecule has 9 heteroatoms. The number of tetrazole rings is 1. The van der Waals surface area contributed by atoms with Crippen molar-refractivity contribution in [3.63, 3.8) is 0 Å². The minimum Gasteiger partial charge on any atom is -0.310 e. The van der Waals surface area contributed by atoms with Crippen LogP contribution in [0.3, 0.4) is 0 Å². The van der Waals surface area contributed by atoms with Gasteiger partial charge in [0.2, 0.25) is 11.1 Å². The molecule has 2 aromatic heterocycles. The molecule has 8 nitrogen and oxygen atoms in total. The first-order valence-electron chi connectivity index (χ1n) is 9.01. The first-order chi connectivity index (χ1) is 14.1. The number of hydrogen-bond donors (Lipinski definition) is 1. The average molecular weight is 405 g/mol. The predicted molar refractivity (Wildman–Crippen MR) is 112 cm³/mol. The molecule has 29 heavy (non-hydrogen) atoms. The number of anilines is 1. The minimum atomic E-state index is -0.160. The zero-order valence-electron chi connectivity index (χ0n) is 16.0. The molecule has 146 valence electrons. The Morgan fingerprint density at radius 2 is 1.79 bits per heavy atom. The van der Waals surface area contributed by atoms with E-state index in [-0.39, 0.29) is 11.7 Å². The van der Waals surface area contributed by atoms with Gasteiger partial charge in [-0.3, -0.25) is 4.79 Å². The van der Waals surface area contributed by atoms with Gasteiger partial charge in [-0.2, -0.15) is 9.78 Å². The summed E-state index contributed by atoms with van der Waals surface area (Å²) in [5.74, 6) is 0.642. The van der Waals surface area contributed by atoms with Gasteiger partial charge in [-0.15, -0.1) is 5.10 Å². The third-order valence-electron chi connectivity index (χ3n) is 4.22. The highest BCUT2D eigenvalue weighted by Gasteiger charge is 2.15. The molecule has 0 atom stereocenters. The van der Waals surface area contributed by atoms with Gasteiger partial charge >= 0.3 is 0 Å². The van der Waals surface area contributed by atoms with E-state index in [4.69, 9.17) is 0 Å². The summed E-state index contributed by atoms with van der Waals surface area (Å²) < 4.78 is 3.36. The molecule has 1 amide bonds. The van der Waals surface area contributed by atoms with E-state index in [1.165, 1.54) is 11.8 Å². The Balaban J connectivity index is 1.47. The summed E-state index contributed by atoms with van der Waals surface area (Å²) in [5.41, 5.74) is 3.66. The van der Waals surface area contributed by atoms with Crippen LogP contribution in [0.15, 0.2) is 65.8 Å². The maximum Gasteiger partial charge on any atom is 0.236 e. The molecular formula is C20H19N7OS. The van der Waals surface area contributed by atoms with Crippen molar-refractivity contribution < 1.29 is 4.79 Å². The normalized spacial score (nSPS) is 10.8. The molecule has 0 spiro atoms. The van der Waals surface area contributed by atoms with Crippen molar-refractivity contribution in [1.29, 1.82) is 0 Å². The Bertz CT molecular complexity index is 1140. The maximum atomic E-state index is 12.6. The van der Waals surface area contributed by atoms with Crippen molar-refractivity contribution >= 4 is 23.5 Å². The van der Waals surface area contributed by atoms with Crippen LogP contribution in [-0.2, 0) is 4.79 Å². The van der Waals surface area contributed by atoms with Crippen molar-refractivity contribution in [2.24, 2.45) is 0 Å². The smallest absolute Gasteiger partial charge is 0.236 e. The van der Waals surface area contributed by atoms with E-state index < -0.39 is 0 Å². The van der Waals surface area contributed by atoms with Gasteiger partial charge in [0.1, 0.15) is 5.82 Å². The fraction of sp³-hybridized carbons (Fsp3) is 0.150. The van der Waals surface area contributed by atoms with E-state index in [0.717, 1.165) is 22.6 Å². The van der Waals surface area contributed by atoms with Gasteiger partial charge in [0.05, 0.1) is 22.8 Å². The highest BCUT2D eigenvalue weighted by molar-refractivity contribution is 7.99. The Morgan fingerprint density at radius 3 is 2.59 bits per heavy atom. The number of hydrogen-bond acceptors (Lipinski definition) is 6. The monoisotopic (exact) mass is 405 g/mol. The lowest BCUT2D eigenvalue weighted by Crippen LogP contribution is -2.17. The molecule has 0 saturated carbocycles. The molecule has 0 aliphatic heterocycles. The van der Waals surface area contributed by atoms with Crippen LogP contribution >= 0.6 is 11.8 Å². The van der Waals surface area contributed by atoms with Gasteiger partial charge in [-0.25, -0.2) is 4.68 Å². The summed E-state index contributed by atoms with van der Waals surface area (Å²) in [4.78, 5) is 12.6. The Kier molecular flexibility index (Phi) is 5.39. The second kappa shape index (κ2) is 8.27. The molecule has 0 radical (unpaired) electrons. The van der Waals surface area contributed by atoms with Gasteiger partial charge in [-0.05, 0) is 48.0 Å². The first-order valence-corrected chi connectivity index (χ1v) is 9.99. The lowest BCUT2D eigenvalue weighted by Gasteiger charge is -2.11. The van der Waals surface area contributed by atoms with Gasteiger partial charge < -0.3 is 5.32 Å². The van der Waals surface area contributed by atoms with Crippen LogP contribution in [0.4, 0.5) is 5.82 Å². The third kappa shape index (κ3) is 4.19. The van der Waals surface area contributed by atoms with Crippen molar-refractivity contribution in [2.75, 3.05) is 11.1 Å². The van der Waals surface area contributed by atoms with Gasteiger partial charge in [-0.1, -0.05) is 48.2 Å². The summed E-state index contributed by atoms with van der Waals surface area (Å²) in [6, 6.07) is 19.3. The second-order valence-corrected chi connectivity index (χ2v) is 7.36. The molecule has 0 aliphatic rings. The van der Waals surface area contributed by atoms with E-state index in [1.807, 2.05) is 74.5 Å². The number of nitrogens with one attached hydrogen (secondary N) is 1. The summed E-state index contributed by atoms with van der Waals surface area (Å²) in [6.45, 7) is 3.91. The quantitative estimate of drug-likeness (QED) is 0.496. The van der Waals surface area contributed by atoms with E-state index in [0.29, 0.717) is 11.0 Å². The number of amides is 1.